The molecule has 0 unspecified atom stereocenters. The van der Waals surface area contributed by atoms with Gasteiger partial charge in [0.15, 0.2) is 0 Å². The van der Waals surface area contributed by atoms with Gasteiger partial charge in [-0.25, -0.2) is 0 Å². The molecule has 0 saturated carbocycles. The minimum absolute atomic E-state index is 0.151. The highest BCUT2D eigenvalue weighted by molar-refractivity contribution is 5.50. The van der Waals surface area contributed by atoms with Crippen LogP contribution in [0.1, 0.15) is 53.4 Å². The summed E-state index contributed by atoms with van der Waals surface area (Å²) in [5, 5.41) is 10.7. The van der Waals surface area contributed by atoms with Crippen LogP contribution in [0.4, 0.5) is 11.4 Å². The Kier molecular flexibility index (Phi) is 8.07. The number of hydrogen-bond donors (Lipinski definition) is 0. The first kappa shape index (κ1) is 19.5. The Labute approximate surface area is 141 Å². The minimum Gasteiger partial charge on any atom is -0.374 e. The Morgan fingerprint density at radius 3 is 1.83 bits per heavy atom. The summed E-state index contributed by atoms with van der Waals surface area (Å²) in [5.74, 6) is 2.16. The summed E-state index contributed by atoms with van der Waals surface area (Å²) in [6.45, 7) is 10.1. The van der Waals surface area contributed by atoms with E-state index in [1.165, 1.54) is 25.7 Å². The first-order chi connectivity index (χ1) is 10.8. The maximum absolute atomic E-state index is 10.7. The number of hydrogen-bond acceptors (Lipinski definition) is 3. The van der Waals surface area contributed by atoms with E-state index in [0.717, 1.165) is 24.1 Å². The Bertz CT molecular complexity index is 457. The fraction of sp³-hybridized carbons (Fsp3) is 0.684. The molecule has 0 heterocycles. The zero-order chi connectivity index (χ0) is 17.4. The zero-order valence-electron chi connectivity index (χ0n) is 15.3. The quantitative estimate of drug-likeness (QED) is 0.421. The van der Waals surface area contributed by atoms with Gasteiger partial charge in [-0.05, 0) is 42.7 Å². The SMILES string of the molecule is CC(C)CCC(CCC(C)C)CN(C)c1ccc([N+](=O)[O-])cc1. The number of nitro groups is 1. The van der Waals surface area contributed by atoms with Crippen LogP contribution in [0.2, 0.25) is 0 Å². The van der Waals surface area contributed by atoms with Crippen molar-refractivity contribution in [2.75, 3.05) is 18.5 Å². The average Bonchev–Trinajstić information content (AvgIpc) is 2.49. The molecule has 0 amide bonds. The fourth-order valence-electron chi connectivity index (χ4n) is 2.79. The van der Waals surface area contributed by atoms with Gasteiger partial charge in [0.25, 0.3) is 5.69 Å². The molecule has 1 rings (SSSR count). The first-order valence-corrected chi connectivity index (χ1v) is 8.75. The van der Waals surface area contributed by atoms with E-state index >= 15 is 0 Å². The molecule has 1 aromatic rings. The van der Waals surface area contributed by atoms with E-state index in [0.29, 0.717) is 5.92 Å². The van der Waals surface area contributed by atoms with Gasteiger partial charge in [0, 0.05) is 31.4 Å². The molecular formula is C19H32N2O2. The molecule has 4 nitrogen and oxygen atoms in total. The number of benzene rings is 1. The third-order valence-corrected chi connectivity index (χ3v) is 4.34. The van der Waals surface area contributed by atoms with Crippen LogP contribution < -0.4 is 4.90 Å². The second-order valence-corrected chi connectivity index (χ2v) is 7.46. The molecule has 0 aliphatic heterocycles. The Morgan fingerprint density at radius 1 is 0.957 bits per heavy atom. The van der Waals surface area contributed by atoms with Crippen LogP contribution in [0, 0.1) is 27.9 Å². The normalized spacial score (nSPS) is 11.5. The van der Waals surface area contributed by atoms with Gasteiger partial charge in [-0.2, -0.15) is 0 Å². The lowest BCUT2D eigenvalue weighted by atomic mass is 9.91. The zero-order valence-corrected chi connectivity index (χ0v) is 15.3. The van der Waals surface area contributed by atoms with E-state index in [2.05, 4.69) is 39.6 Å². The van der Waals surface area contributed by atoms with Crippen molar-refractivity contribution < 1.29 is 4.92 Å². The summed E-state index contributed by atoms with van der Waals surface area (Å²) in [7, 11) is 2.08. The molecule has 0 aromatic heterocycles. The summed E-state index contributed by atoms with van der Waals surface area (Å²) in [6, 6.07) is 6.87. The van der Waals surface area contributed by atoms with Crippen LogP contribution in [0.25, 0.3) is 0 Å². The van der Waals surface area contributed by atoms with Crippen LogP contribution in [0.5, 0.6) is 0 Å². The maximum atomic E-state index is 10.7. The average molecular weight is 320 g/mol. The lowest BCUT2D eigenvalue weighted by Crippen LogP contribution is -2.26. The molecule has 0 N–H and O–H groups in total. The molecule has 0 radical (unpaired) electrons. The van der Waals surface area contributed by atoms with E-state index in [-0.39, 0.29) is 10.6 Å². The number of non-ortho nitro benzene ring substituents is 1. The van der Waals surface area contributed by atoms with Crippen molar-refractivity contribution in [3.05, 3.63) is 34.4 Å². The molecule has 0 bridgehead atoms. The monoisotopic (exact) mass is 320 g/mol. The largest absolute Gasteiger partial charge is 0.374 e. The van der Waals surface area contributed by atoms with E-state index in [1.54, 1.807) is 12.1 Å². The molecule has 0 atom stereocenters. The molecule has 0 aliphatic rings. The van der Waals surface area contributed by atoms with Crippen molar-refractivity contribution in [2.45, 2.75) is 53.4 Å². The predicted molar refractivity (Wildman–Crippen MR) is 98.0 cm³/mol. The van der Waals surface area contributed by atoms with E-state index in [9.17, 15) is 10.1 Å². The number of anilines is 1. The number of nitro benzene ring substituents is 1. The molecule has 23 heavy (non-hydrogen) atoms. The molecule has 130 valence electrons. The Morgan fingerprint density at radius 2 is 1.43 bits per heavy atom. The second kappa shape index (κ2) is 9.53. The Hall–Kier alpha value is -1.58. The van der Waals surface area contributed by atoms with Crippen LogP contribution in [-0.4, -0.2) is 18.5 Å². The number of rotatable bonds is 10. The topological polar surface area (TPSA) is 46.4 Å². The highest BCUT2D eigenvalue weighted by Gasteiger charge is 2.14. The molecule has 0 aliphatic carbocycles. The molecular weight excluding hydrogens is 288 g/mol. The second-order valence-electron chi connectivity index (χ2n) is 7.46. The van der Waals surface area contributed by atoms with Gasteiger partial charge in [-0.1, -0.05) is 40.5 Å². The van der Waals surface area contributed by atoms with Crippen molar-refractivity contribution in [3.8, 4) is 0 Å². The van der Waals surface area contributed by atoms with E-state index in [1.807, 2.05) is 12.1 Å². The van der Waals surface area contributed by atoms with Gasteiger partial charge < -0.3 is 4.90 Å². The van der Waals surface area contributed by atoms with E-state index in [4.69, 9.17) is 0 Å². The Balaban J connectivity index is 2.66. The van der Waals surface area contributed by atoms with E-state index < -0.39 is 0 Å². The van der Waals surface area contributed by atoms with Crippen LogP contribution in [0.15, 0.2) is 24.3 Å². The van der Waals surface area contributed by atoms with Gasteiger partial charge in [0.2, 0.25) is 0 Å². The van der Waals surface area contributed by atoms with Gasteiger partial charge in [-0.3, -0.25) is 10.1 Å². The van der Waals surface area contributed by atoms with Gasteiger partial charge in [-0.15, -0.1) is 0 Å². The maximum Gasteiger partial charge on any atom is 0.269 e. The molecule has 0 saturated heterocycles. The summed E-state index contributed by atoms with van der Waals surface area (Å²) in [6.07, 6.45) is 5.02. The lowest BCUT2D eigenvalue weighted by molar-refractivity contribution is -0.384. The van der Waals surface area contributed by atoms with Gasteiger partial charge in [0.1, 0.15) is 0 Å². The first-order valence-electron chi connectivity index (χ1n) is 8.75. The fourth-order valence-corrected chi connectivity index (χ4v) is 2.79. The third-order valence-electron chi connectivity index (χ3n) is 4.34. The third kappa shape index (κ3) is 7.49. The van der Waals surface area contributed by atoms with Crippen LogP contribution in [0.3, 0.4) is 0 Å². The highest BCUT2D eigenvalue weighted by Crippen LogP contribution is 2.24. The summed E-state index contributed by atoms with van der Waals surface area (Å²) in [4.78, 5) is 12.6. The number of nitrogens with zero attached hydrogens (tertiary/aromatic N) is 2. The summed E-state index contributed by atoms with van der Waals surface area (Å²) >= 11 is 0. The van der Waals surface area contributed by atoms with Crippen LogP contribution >= 0.6 is 0 Å². The predicted octanol–water partition coefficient (Wildman–Crippen LogP) is 5.52. The van der Waals surface area contributed by atoms with Crippen molar-refractivity contribution in [1.29, 1.82) is 0 Å². The van der Waals surface area contributed by atoms with Gasteiger partial charge >= 0.3 is 0 Å². The van der Waals surface area contributed by atoms with Crippen molar-refractivity contribution >= 4 is 11.4 Å². The summed E-state index contributed by atoms with van der Waals surface area (Å²) < 4.78 is 0. The molecule has 4 heteroatoms. The lowest BCUT2D eigenvalue weighted by Gasteiger charge is -2.27. The van der Waals surface area contributed by atoms with Gasteiger partial charge in [0.05, 0.1) is 4.92 Å². The standard InChI is InChI=1S/C19H32N2O2/c1-15(2)6-8-17(9-7-16(3)4)14-20(5)18-10-12-19(13-11-18)21(22)23/h10-13,15-17H,6-9,14H2,1-5H3. The minimum atomic E-state index is -0.349. The molecule has 1 aromatic carbocycles. The van der Waals surface area contributed by atoms with Crippen molar-refractivity contribution in [3.63, 3.8) is 0 Å². The van der Waals surface area contributed by atoms with Crippen molar-refractivity contribution in [2.24, 2.45) is 17.8 Å². The van der Waals surface area contributed by atoms with Crippen molar-refractivity contribution in [1.82, 2.24) is 0 Å². The van der Waals surface area contributed by atoms with Crippen LogP contribution in [-0.2, 0) is 0 Å². The highest BCUT2D eigenvalue weighted by atomic mass is 16.6. The molecule has 0 spiro atoms. The smallest absolute Gasteiger partial charge is 0.269 e. The summed E-state index contributed by atoms with van der Waals surface area (Å²) in [5.41, 5.74) is 1.20. The molecule has 0 fully saturated rings.